The molecule has 240 valence electrons. The van der Waals surface area contributed by atoms with E-state index in [0.717, 1.165) is 23.0 Å². The first-order chi connectivity index (χ1) is 23.6. The maximum atomic E-state index is 14.4. The van der Waals surface area contributed by atoms with E-state index < -0.39 is 7.26 Å². The Kier molecular flexibility index (Phi) is 7.21. The van der Waals surface area contributed by atoms with Gasteiger partial charge in [0.15, 0.2) is 0 Å². The van der Waals surface area contributed by atoms with Gasteiger partial charge in [0.25, 0.3) is 11.8 Å². The highest BCUT2D eigenvalue weighted by molar-refractivity contribution is 8.01. The van der Waals surface area contributed by atoms with E-state index in [0.29, 0.717) is 16.8 Å². The third-order valence-electron chi connectivity index (χ3n) is 10.6. The van der Waals surface area contributed by atoms with Crippen LogP contribution in [0.25, 0.3) is 0 Å². The second kappa shape index (κ2) is 11.4. The van der Waals surface area contributed by atoms with Crippen LogP contribution in [0.3, 0.4) is 0 Å². The predicted molar refractivity (Wildman–Crippen MR) is 204 cm³/mol. The van der Waals surface area contributed by atoms with Gasteiger partial charge in [-0.25, -0.2) is 4.90 Å². The summed E-state index contributed by atoms with van der Waals surface area (Å²) in [7, 11) is -2.44. The molecule has 49 heavy (non-hydrogen) atoms. The molecule has 1 atom stereocenters. The number of benzene rings is 6. The van der Waals surface area contributed by atoms with Crippen LogP contribution < -0.4 is 31.9 Å². The van der Waals surface area contributed by atoms with Crippen molar-refractivity contribution in [3.8, 4) is 0 Å². The van der Waals surface area contributed by atoms with Gasteiger partial charge in [0, 0.05) is 11.1 Å². The molecule has 1 aliphatic heterocycles. The molecule has 1 aliphatic carbocycles. The van der Waals surface area contributed by atoms with Crippen molar-refractivity contribution in [2.75, 3.05) is 10.6 Å². The minimum absolute atomic E-state index is 0.168. The smallest absolute Gasteiger partial charge is 0.266 e. The van der Waals surface area contributed by atoms with Crippen LogP contribution in [-0.2, 0) is 10.8 Å². The molecule has 2 N–H and O–H groups in total. The first-order valence-corrected chi connectivity index (χ1v) is 18.5. The molecule has 0 saturated carbocycles. The zero-order valence-electron chi connectivity index (χ0n) is 27.9. The molecule has 0 radical (unpaired) electrons. The fourth-order valence-corrected chi connectivity index (χ4v) is 12.7. The second-order valence-corrected chi connectivity index (χ2v) is 17.5. The molecule has 0 bridgehead atoms. The number of hydrogen-bond acceptors (Lipinski definition) is 3. The Labute approximate surface area is 288 Å². The predicted octanol–water partition coefficient (Wildman–Crippen LogP) is 7.68. The molecule has 4 nitrogen and oxygen atoms in total. The van der Waals surface area contributed by atoms with Crippen LogP contribution >= 0.6 is 7.26 Å². The Hall–Kier alpha value is -5.31. The Balaban J connectivity index is 1.25. The van der Waals surface area contributed by atoms with Gasteiger partial charge >= 0.3 is 0 Å². The summed E-state index contributed by atoms with van der Waals surface area (Å²) in [6.07, 6.45) is 0.901. The Morgan fingerprint density at radius 2 is 1.08 bits per heavy atom. The summed E-state index contributed by atoms with van der Waals surface area (Å²) in [4.78, 5) is 29.9. The molecule has 0 fully saturated rings. The fraction of sp³-hybridized carbons (Fsp3) is 0.136. The van der Waals surface area contributed by atoms with Gasteiger partial charge in [0.2, 0.25) is 0 Å². The van der Waals surface area contributed by atoms with Gasteiger partial charge in [-0.2, -0.15) is 0 Å². The highest BCUT2D eigenvalue weighted by Crippen LogP contribution is 2.56. The van der Waals surface area contributed by atoms with Crippen LogP contribution in [0.5, 0.6) is 0 Å². The van der Waals surface area contributed by atoms with Crippen LogP contribution in [0.1, 0.15) is 64.6 Å². The quantitative estimate of drug-likeness (QED) is 0.114. The first-order valence-electron chi connectivity index (χ1n) is 16.7. The van der Waals surface area contributed by atoms with Crippen molar-refractivity contribution in [1.29, 1.82) is 0 Å². The molecular formula is C44H38N2O2P+. The number of fused-ring (bicyclic) bond motifs is 2. The maximum Gasteiger partial charge on any atom is 0.266 e. The molecule has 0 aromatic heterocycles. The lowest BCUT2D eigenvalue weighted by molar-refractivity contribution is 0.0926. The van der Waals surface area contributed by atoms with E-state index in [1.165, 1.54) is 31.9 Å². The van der Waals surface area contributed by atoms with Gasteiger partial charge in [-0.1, -0.05) is 93.6 Å². The summed E-state index contributed by atoms with van der Waals surface area (Å²) in [5, 5.41) is 4.59. The van der Waals surface area contributed by atoms with Gasteiger partial charge in [-0.05, 0) is 107 Å². The molecule has 8 rings (SSSR count). The van der Waals surface area contributed by atoms with Crippen molar-refractivity contribution in [3.63, 3.8) is 0 Å². The summed E-state index contributed by atoms with van der Waals surface area (Å²) in [5.41, 5.74) is 11.4. The Morgan fingerprint density at radius 3 is 1.63 bits per heavy atom. The molecule has 6 aromatic rings. The number of carbonyl (C=O) groups excluding carboxylic acids is 2. The number of amides is 2. The lowest BCUT2D eigenvalue weighted by Crippen LogP contribution is -2.38. The van der Waals surface area contributed by atoms with E-state index in [2.05, 4.69) is 124 Å². The van der Waals surface area contributed by atoms with Crippen LogP contribution in [0, 0.1) is 0 Å². The van der Waals surface area contributed by atoms with Crippen molar-refractivity contribution < 1.29 is 9.59 Å². The number of nitrogens with zero attached hydrogens (tertiary/aromatic N) is 1. The third-order valence-corrected chi connectivity index (χ3v) is 14.9. The fourth-order valence-electron chi connectivity index (χ4n) is 8.42. The van der Waals surface area contributed by atoms with Crippen LogP contribution in [0.15, 0.2) is 152 Å². The van der Waals surface area contributed by atoms with Crippen LogP contribution in [-0.4, -0.2) is 11.8 Å². The van der Waals surface area contributed by atoms with E-state index >= 15 is 0 Å². The third kappa shape index (κ3) is 4.70. The zero-order valence-corrected chi connectivity index (χ0v) is 28.8. The molecule has 2 amide bonds. The van der Waals surface area contributed by atoms with E-state index in [9.17, 15) is 9.59 Å². The number of anilines is 2. The Bertz CT molecular complexity index is 2130. The monoisotopic (exact) mass is 657 g/mol. The maximum absolute atomic E-state index is 14.4. The number of nitrogen functional groups attached to an aromatic ring is 1. The summed E-state index contributed by atoms with van der Waals surface area (Å²) in [6.45, 7) is 6.76. The molecule has 1 unspecified atom stereocenters. The minimum atomic E-state index is -2.44. The van der Waals surface area contributed by atoms with Gasteiger partial charge in [0.1, 0.15) is 28.5 Å². The van der Waals surface area contributed by atoms with Gasteiger partial charge in [0.05, 0.1) is 16.8 Å². The van der Waals surface area contributed by atoms with E-state index in [1.807, 2.05) is 48.5 Å². The lowest BCUT2D eigenvalue weighted by Gasteiger charge is -2.28. The minimum Gasteiger partial charge on any atom is -0.399 e. The summed E-state index contributed by atoms with van der Waals surface area (Å²) in [6, 6.07) is 51.8. The number of imide groups is 1. The number of carbonyl (C=O) groups is 2. The average molecular weight is 658 g/mol. The van der Waals surface area contributed by atoms with Crippen molar-refractivity contribution in [1.82, 2.24) is 0 Å². The number of rotatable bonds is 6. The van der Waals surface area contributed by atoms with E-state index in [1.54, 1.807) is 0 Å². The standard InChI is InChI=1S/C44H38N2O2P/c1-43(2)29-44(3,30-19-21-31(45)22-20-30)39-26-23-32(27-40(39)43)46-41(47)37-25-24-36(28-38(37)42(46)48)49(33-13-7-4-8-14-33,34-15-9-5-10-16-34)35-17-11-6-12-18-35/h4-28H,29,45H2,1-3H3/q+1. The average Bonchev–Trinajstić information content (AvgIpc) is 3.50. The number of nitrogens with two attached hydrogens (primary N) is 1. The topological polar surface area (TPSA) is 63.4 Å². The Morgan fingerprint density at radius 1 is 0.551 bits per heavy atom. The molecule has 2 aliphatic rings. The summed E-state index contributed by atoms with van der Waals surface area (Å²) in [5.74, 6) is -0.571. The molecule has 0 saturated heterocycles. The summed E-state index contributed by atoms with van der Waals surface area (Å²) < 4.78 is 0. The summed E-state index contributed by atoms with van der Waals surface area (Å²) >= 11 is 0. The molecule has 6 aromatic carbocycles. The van der Waals surface area contributed by atoms with Crippen molar-refractivity contribution in [2.45, 2.75) is 38.0 Å². The second-order valence-electron chi connectivity index (χ2n) is 14.1. The van der Waals surface area contributed by atoms with E-state index in [4.69, 9.17) is 5.73 Å². The van der Waals surface area contributed by atoms with E-state index in [-0.39, 0.29) is 22.6 Å². The van der Waals surface area contributed by atoms with Gasteiger partial charge in [-0.3, -0.25) is 9.59 Å². The van der Waals surface area contributed by atoms with Gasteiger partial charge < -0.3 is 5.73 Å². The molecule has 5 heteroatoms. The molecular weight excluding hydrogens is 619 g/mol. The molecule has 1 heterocycles. The first kappa shape index (κ1) is 31.0. The van der Waals surface area contributed by atoms with Crippen molar-refractivity contribution >= 4 is 51.7 Å². The largest absolute Gasteiger partial charge is 0.399 e. The van der Waals surface area contributed by atoms with Gasteiger partial charge in [-0.15, -0.1) is 0 Å². The zero-order chi connectivity index (χ0) is 34.0. The normalized spacial score (nSPS) is 18.0. The number of hydrogen-bond donors (Lipinski definition) is 1. The van der Waals surface area contributed by atoms with Crippen LogP contribution in [0.2, 0.25) is 0 Å². The van der Waals surface area contributed by atoms with Crippen molar-refractivity contribution in [3.05, 3.63) is 179 Å². The van der Waals surface area contributed by atoms with Crippen molar-refractivity contribution in [2.24, 2.45) is 0 Å². The highest BCUT2D eigenvalue weighted by atomic mass is 31.2. The lowest BCUT2D eigenvalue weighted by atomic mass is 9.75. The highest BCUT2D eigenvalue weighted by Gasteiger charge is 2.50. The van der Waals surface area contributed by atoms with Crippen LogP contribution in [0.4, 0.5) is 11.4 Å². The molecule has 0 spiro atoms. The SMILES string of the molecule is CC1(C)CC(C)(c2ccc(N)cc2)c2ccc(N3C(=O)c4ccc([P+](c5ccccc5)(c5ccccc5)c5ccccc5)cc4C3=O)cc21.